The standard InChI is InChI=1S/C10H11BrF2N2O2/c1-2-17-7(16)3-6-9(11)8(10(12)13)5(14)4-15-6/h4,10H,2-3,14H2,1H3. The summed E-state index contributed by atoms with van der Waals surface area (Å²) in [6.45, 7) is 1.89. The zero-order valence-corrected chi connectivity index (χ0v) is 10.6. The molecule has 0 spiro atoms. The summed E-state index contributed by atoms with van der Waals surface area (Å²) < 4.78 is 30.2. The molecule has 0 aromatic carbocycles. The zero-order chi connectivity index (χ0) is 13.0. The predicted octanol–water partition coefficient (Wildman–Crippen LogP) is 2.47. The van der Waals surface area contributed by atoms with Gasteiger partial charge in [-0.2, -0.15) is 0 Å². The summed E-state index contributed by atoms with van der Waals surface area (Å²) in [5, 5.41) is 0. The highest BCUT2D eigenvalue weighted by molar-refractivity contribution is 9.10. The van der Waals surface area contributed by atoms with E-state index in [1.165, 1.54) is 0 Å². The number of carbonyl (C=O) groups is 1. The topological polar surface area (TPSA) is 65.2 Å². The Morgan fingerprint density at radius 2 is 2.29 bits per heavy atom. The van der Waals surface area contributed by atoms with Gasteiger partial charge in [-0.1, -0.05) is 0 Å². The molecule has 0 atom stereocenters. The van der Waals surface area contributed by atoms with Crippen molar-refractivity contribution < 1.29 is 18.3 Å². The molecule has 0 aliphatic carbocycles. The third-order valence-electron chi connectivity index (χ3n) is 2.00. The van der Waals surface area contributed by atoms with Crippen molar-refractivity contribution in [2.45, 2.75) is 19.8 Å². The first kappa shape index (κ1) is 13.8. The van der Waals surface area contributed by atoms with Crippen molar-refractivity contribution >= 4 is 27.6 Å². The Morgan fingerprint density at radius 1 is 1.65 bits per heavy atom. The Kier molecular flexibility index (Phi) is 4.80. The highest BCUT2D eigenvalue weighted by atomic mass is 79.9. The van der Waals surface area contributed by atoms with Gasteiger partial charge in [-0.3, -0.25) is 9.78 Å². The van der Waals surface area contributed by atoms with Crippen LogP contribution in [0.2, 0.25) is 0 Å². The minimum Gasteiger partial charge on any atom is -0.466 e. The van der Waals surface area contributed by atoms with Crippen molar-refractivity contribution in [3.05, 3.63) is 21.9 Å². The van der Waals surface area contributed by atoms with E-state index in [1.807, 2.05) is 0 Å². The van der Waals surface area contributed by atoms with Crippen LogP contribution in [-0.2, 0) is 16.0 Å². The summed E-state index contributed by atoms with van der Waals surface area (Å²) in [5.74, 6) is -0.523. The number of nitrogens with zero attached hydrogens (tertiary/aromatic N) is 1. The number of hydrogen-bond acceptors (Lipinski definition) is 4. The van der Waals surface area contributed by atoms with E-state index in [-0.39, 0.29) is 34.4 Å². The minimum atomic E-state index is -2.73. The average molecular weight is 309 g/mol. The number of anilines is 1. The molecule has 0 bridgehead atoms. The number of rotatable bonds is 4. The lowest BCUT2D eigenvalue weighted by molar-refractivity contribution is -0.142. The van der Waals surface area contributed by atoms with Crippen LogP contribution in [0.15, 0.2) is 10.7 Å². The molecule has 1 aromatic rings. The maximum absolute atomic E-state index is 12.7. The van der Waals surface area contributed by atoms with Crippen LogP contribution < -0.4 is 5.73 Å². The number of esters is 1. The Hall–Kier alpha value is -1.24. The first-order chi connectivity index (χ1) is 7.97. The SMILES string of the molecule is CCOC(=O)Cc1ncc(N)c(C(F)F)c1Br. The average Bonchev–Trinajstić information content (AvgIpc) is 2.22. The van der Waals surface area contributed by atoms with Crippen molar-refractivity contribution in [1.82, 2.24) is 4.98 Å². The fourth-order valence-electron chi connectivity index (χ4n) is 1.25. The fourth-order valence-corrected chi connectivity index (χ4v) is 1.89. The molecule has 0 saturated carbocycles. The van der Waals surface area contributed by atoms with Gasteiger partial charge in [-0.15, -0.1) is 0 Å². The van der Waals surface area contributed by atoms with Gasteiger partial charge in [0.25, 0.3) is 6.43 Å². The van der Waals surface area contributed by atoms with Crippen molar-refractivity contribution in [1.29, 1.82) is 0 Å². The highest BCUT2D eigenvalue weighted by Gasteiger charge is 2.20. The molecule has 17 heavy (non-hydrogen) atoms. The predicted molar refractivity (Wildman–Crippen MR) is 61.6 cm³/mol. The Bertz CT molecular complexity index is 427. The monoisotopic (exact) mass is 308 g/mol. The van der Waals surface area contributed by atoms with E-state index in [2.05, 4.69) is 20.9 Å². The number of carbonyl (C=O) groups excluding carboxylic acids is 1. The van der Waals surface area contributed by atoms with Crippen LogP contribution in [-0.4, -0.2) is 17.6 Å². The quantitative estimate of drug-likeness (QED) is 0.868. The molecule has 7 heteroatoms. The molecule has 1 rings (SSSR count). The third kappa shape index (κ3) is 3.36. The van der Waals surface area contributed by atoms with Crippen LogP contribution in [0.1, 0.15) is 24.6 Å². The maximum Gasteiger partial charge on any atom is 0.311 e. The number of halogens is 3. The van der Waals surface area contributed by atoms with Gasteiger partial charge in [0.1, 0.15) is 0 Å². The van der Waals surface area contributed by atoms with Gasteiger partial charge >= 0.3 is 5.97 Å². The molecule has 0 aliphatic heterocycles. The van der Waals surface area contributed by atoms with Crippen LogP contribution in [0.3, 0.4) is 0 Å². The Balaban J connectivity index is 3.02. The van der Waals surface area contributed by atoms with E-state index in [0.717, 1.165) is 6.20 Å². The first-order valence-corrected chi connectivity index (χ1v) is 5.63. The van der Waals surface area contributed by atoms with Gasteiger partial charge in [0.05, 0.1) is 40.6 Å². The Morgan fingerprint density at radius 3 is 2.82 bits per heavy atom. The number of hydrogen-bond donors (Lipinski definition) is 1. The second kappa shape index (κ2) is 5.90. The molecule has 0 fully saturated rings. The molecule has 0 amide bonds. The molecule has 0 unspecified atom stereocenters. The lowest BCUT2D eigenvalue weighted by atomic mass is 10.1. The highest BCUT2D eigenvalue weighted by Crippen LogP contribution is 2.33. The second-order valence-corrected chi connectivity index (χ2v) is 3.96. The third-order valence-corrected chi connectivity index (χ3v) is 2.88. The van der Waals surface area contributed by atoms with Crippen molar-refractivity contribution in [2.75, 3.05) is 12.3 Å². The maximum atomic E-state index is 12.7. The van der Waals surface area contributed by atoms with Crippen LogP contribution >= 0.6 is 15.9 Å². The molecule has 0 saturated heterocycles. The molecule has 94 valence electrons. The van der Waals surface area contributed by atoms with E-state index < -0.39 is 12.4 Å². The number of ether oxygens (including phenoxy) is 1. The van der Waals surface area contributed by atoms with Crippen LogP contribution in [0.25, 0.3) is 0 Å². The second-order valence-electron chi connectivity index (χ2n) is 3.17. The van der Waals surface area contributed by atoms with Crippen LogP contribution in [0.4, 0.5) is 14.5 Å². The van der Waals surface area contributed by atoms with Gasteiger partial charge < -0.3 is 10.5 Å². The summed E-state index contributed by atoms with van der Waals surface area (Å²) in [7, 11) is 0. The Labute approximate surface area is 105 Å². The number of aromatic nitrogens is 1. The molecule has 0 radical (unpaired) electrons. The normalized spacial score (nSPS) is 10.6. The molecule has 4 nitrogen and oxygen atoms in total. The molecule has 1 heterocycles. The lowest BCUT2D eigenvalue weighted by Crippen LogP contribution is -2.11. The number of nitrogen functional groups attached to an aromatic ring is 1. The lowest BCUT2D eigenvalue weighted by Gasteiger charge is -2.10. The van der Waals surface area contributed by atoms with E-state index in [4.69, 9.17) is 10.5 Å². The van der Waals surface area contributed by atoms with Gasteiger partial charge in [0.15, 0.2) is 0 Å². The summed E-state index contributed by atoms with van der Waals surface area (Å²) in [5.41, 5.74) is 5.12. The minimum absolute atomic E-state index is 0.0561. The van der Waals surface area contributed by atoms with Gasteiger partial charge in [0, 0.05) is 0 Å². The molecule has 2 N–H and O–H groups in total. The summed E-state index contributed by atoms with van der Waals surface area (Å²) >= 11 is 2.98. The van der Waals surface area contributed by atoms with Gasteiger partial charge in [0.2, 0.25) is 0 Å². The van der Waals surface area contributed by atoms with E-state index in [0.29, 0.717) is 0 Å². The smallest absolute Gasteiger partial charge is 0.311 e. The van der Waals surface area contributed by atoms with E-state index in [9.17, 15) is 13.6 Å². The van der Waals surface area contributed by atoms with Gasteiger partial charge in [-0.05, 0) is 22.9 Å². The molecular formula is C10H11BrF2N2O2. The summed E-state index contributed by atoms with van der Waals surface area (Å²) in [6, 6.07) is 0. The summed E-state index contributed by atoms with van der Waals surface area (Å²) in [4.78, 5) is 15.1. The van der Waals surface area contributed by atoms with Crippen LogP contribution in [0.5, 0.6) is 0 Å². The number of pyridine rings is 1. The molecule has 0 aliphatic rings. The first-order valence-electron chi connectivity index (χ1n) is 4.83. The van der Waals surface area contributed by atoms with E-state index in [1.54, 1.807) is 6.92 Å². The summed E-state index contributed by atoms with van der Waals surface area (Å²) in [6.07, 6.45) is -1.79. The van der Waals surface area contributed by atoms with E-state index >= 15 is 0 Å². The molecule has 1 aromatic heterocycles. The number of alkyl halides is 2. The zero-order valence-electron chi connectivity index (χ0n) is 9.04. The van der Waals surface area contributed by atoms with Gasteiger partial charge in [-0.25, -0.2) is 8.78 Å². The largest absolute Gasteiger partial charge is 0.466 e. The fraction of sp³-hybridized carbons (Fsp3) is 0.400. The number of nitrogens with two attached hydrogens (primary N) is 1. The van der Waals surface area contributed by atoms with Crippen LogP contribution in [0, 0.1) is 0 Å². The van der Waals surface area contributed by atoms with Crippen molar-refractivity contribution in [2.24, 2.45) is 0 Å². The van der Waals surface area contributed by atoms with Crippen molar-refractivity contribution in [3.63, 3.8) is 0 Å². The van der Waals surface area contributed by atoms with Crippen molar-refractivity contribution in [3.8, 4) is 0 Å². The molecular weight excluding hydrogens is 298 g/mol.